The van der Waals surface area contributed by atoms with Gasteiger partial charge in [-0.2, -0.15) is 0 Å². The van der Waals surface area contributed by atoms with Gasteiger partial charge in [-0.3, -0.25) is 0 Å². The van der Waals surface area contributed by atoms with Crippen LogP contribution < -0.4 is 5.32 Å². The zero-order chi connectivity index (χ0) is 11.9. The van der Waals surface area contributed by atoms with Crippen LogP contribution in [0, 0.1) is 0 Å². The van der Waals surface area contributed by atoms with E-state index in [9.17, 15) is 8.42 Å². The number of rotatable bonds is 1. The minimum atomic E-state index is -3.11. The molecule has 1 aliphatic rings. The van der Waals surface area contributed by atoms with Crippen LogP contribution in [0.5, 0.6) is 0 Å². The maximum atomic E-state index is 12.0. The maximum absolute atomic E-state index is 12.0. The molecule has 1 aromatic rings. The zero-order valence-corrected chi connectivity index (χ0v) is 10.6. The molecule has 4 heteroatoms. The molecule has 1 aromatic carbocycles. The van der Waals surface area contributed by atoms with Crippen LogP contribution in [0.1, 0.15) is 32.3 Å². The Kier molecular flexibility index (Phi) is 2.70. The van der Waals surface area contributed by atoms with Crippen LogP contribution in [0.2, 0.25) is 0 Å². The van der Waals surface area contributed by atoms with E-state index in [1.54, 1.807) is 6.07 Å². The van der Waals surface area contributed by atoms with Gasteiger partial charge >= 0.3 is 0 Å². The third kappa shape index (κ3) is 1.94. The molecule has 0 bridgehead atoms. The second-order valence-electron chi connectivity index (χ2n) is 4.74. The fraction of sp³-hybridized carbons (Fsp3) is 0.500. The lowest BCUT2D eigenvalue weighted by molar-refractivity contribution is 0.588. The van der Waals surface area contributed by atoms with Crippen molar-refractivity contribution in [3.05, 3.63) is 23.8 Å². The molecule has 0 fully saturated rings. The summed E-state index contributed by atoms with van der Waals surface area (Å²) in [4.78, 5) is 0.455. The highest BCUT2D eigenvalue weighted by Crippen LogP contribution is 2.31. The molecule has 16 heavy (non-hydrogen) atoms. The predicted molar refractivity (Wildman–Crippen MR) is 65.7 cm³/mol. The summed E-state index contributed by atoms with van der Waals surface area (Å²) in [6, 6.07) is 5.65. The van der Waals surface area contributed by atoms with Crippen LogP contribution in [-0.2, 0) is 9.84 Å². The van der Waals surface area contributed by atoms with Gasteiger partial charge in [-0.1, -0.05) is 19.9 Å². The van der Waals surface area contributed by atoms with E-state index in [1.807, 2.05) is 19.1 Å². The smallest absolute Gasteiger partial charge is 0.182 e. The average molecular weight is 239 g/mol. The van der Waals surface area contributed by atoms with Crippen molar-refractivity contribution in [1.29, 1.82) is 0 Å². The van der Waals surface area contributed by atoms with Crippen LogP contribution in [0.3, 0.4) is 0 Å². The molecule has 1 atom stereocenters. The third-order valence-corrected chi connectivity index (χ3v) is 4.83. The topological polar surface area (TPSA) is 46.2 Å². The number of sulfone groups is 1. The fourth-order valence-corrected chi connectivity index (χ4v) is 3.70. The minimum Gasteiger partial charge on any atom is -0.380 e. The Morgan fingerprint density at radius 3 is 2.69 bits per heavy atom. The van der Waals surface area contributed by atoms with Gasteiger partial charge in [-0.15, -0.1) is 0 Å². The molecule has 2 rings (SSSR count). The van der Waals surface area contributed by atoms with E-state index in [0.29, 0.717) is 10.8 Å². The van der Waals surface area contributed by atoms with Crippen molar-refractivity contribution < 1.29 is 8.42 Å². The molecule has 1 heterocycles. The van der Waals surface area contributed by atoms with Gasteiger partial charge in [0.25, 0.3) is 0 Å². The van der Waals surface area contributed by atoms with Gasteiger partial charge in [0, 0.05) is 6.04 Å². The van der Waals surface area contributed by atoms with Gasteiger partial charge in [-0.05, 0) is 30.5 Å². The predicted octanol–water partition coefficient (Wildman–Crippen LogP) is 2.40. The molecule has 0 aliphatic carbocycles. The summed E-state index contributed by atoms with van der Waals surface area (Å²) in [5, 5.41) is 3.20. The number of nitrogens with one attached hydrogen (secondary N) is 1. The second-order valence-corrected chi connectivity index (χ2v) is 6.74. The Bertz CT molecular complexity index is 506. The van der Waals surface area contributed by atoms with Crippen molar-refractivity contribution >= 4 is 15.5 Å². The van der Waals surface area contributed by atoms with E-state index in [4.69, 9.17) is 0 Å². The highest BCUT2D eigenvalue weighted by atomic mass is 32.2. The molecule has 0 radical (unpaired) electrons. The monoisotopic (exact) mass is 239 g/mol. The molecule has 0 amide bonds. The first-order valence-electron chi connectivity index (χ1n) is 5.53. The Hall–Kier alpha value is -1.03. The lowest BCUT2D eigenvalue weighted by Gasteiger charge is -2.25. The molecular formula is C12H17NO2S. The molecule has 1 N–H and O–H groups in total. The van der Waals surface area contributed by atoms with E-state index in [2.05, 4.69) is 19.2 Å². The van der Waals surface area contributed by atoms with Gasteiger partial charge in [0.15, 0.2) is 9.84 Å². The summed E-state index contributed by atoms with van der Waals surface area (Å²) in [5.74, 6) is 0.529. The Labute approximate surface area is 96.8 Å². The molecule has 0 spiro atoms. The summed E-state index contributed by atoms with van der Waals surface area (Å²) >= 11 is 0. The van der Waals surface area contributed by atoms with Crippen molar-refractivity contribution in [3.63, 3.8) is 0 Å². The maximum Gasteiger partial charge on any atom is 0.182 e. The van der Waals surface area contributed by atoms with E-state index in [1.165, 1.54) is 0 Å². The van der Waals surface area contributed by atoms with Gasteiger partial charge < -0.3 is 5.32 Å². The number of benzene rings is 1. The Balaban J connectivity index is 2.58. The first kappa shape index (κ1) is 11.5. The summed E-state index contributed by atoms with van der Waals surface area (Å²) in [7, 11) is -3.11. The Morgan fingerprint density at radius 1 is 1.38 bits per heavy atom. The van der Waals surface area contributed by atoms with Crippen LogP contribution in [0.25, 0.3) is 0 Å². The van der Waals surface area contributed by atoms with E-state index >= 15 is 0 Å². The van der Waals surface area contributed by atoms with Gasteiger partial charge in [0.05, 0.1) is 16.3 Å². The summed E-state index contributed by atoms with van der Waals surface area (Å²) < 4.78 is 24.0. The van der Waals surface area contributed by atoms with E-state index in [-0.39, 0.29) is 11.8 Å². The fourth-order valence-electron chi connectivity index (χ4n) is 2.00. The summed E-state index contributed by atoms with van der Waals surface area (Å²) in [5.41, 5.74) is 1.81. The van der Waals surface area contributed by atoms with Crippen LogP contribution in [0.4, 0.5) is 5.69 Å². The molecule has 88 valence electrons. The van der Waals surface area contributed by atoms with Crippen molar-refractivity contribution in [3.8, 4) is 0 Å². The molecular weight excluding hydrogens is 222 g/mol. The Morgan fingerprint density at radius 2 is 2.06 bits per heavy atom. The zero-order valence-electron chi connectivity index (χ0n) is 9.82. The SMILES string of the molecule is CC1CS(=O)(=O)c2cc(C(C)C)ccc2N1. The minimum absolute atomic E-state index is 0.0117. The van der Waals surface area contributed by atoms with Crippen molar-refractivity contribution in [2.45, 2.75) is 37.6 Å². The molecule has 0 saturated carbocycles. The second kappa shape index (κ2) is 3.77. The van der Waals surface area contributed by atoms with Crippen LogP contribution in [0.15, 0.2) is 23.1 Å². The largest absolute Gasteiger partial charge is 0.380 e. The number of hydrogen-bond acceptors (Lipinski definition) is 3. The molecule has 0 saturated heterocycles. The molecule has 0 aromatic heterocycles. The first-order valence-corrected chi connectivity index (χ1v) is 7.18. The van der Waals surface area contributed by atoms with Crippen molar-refractivity contribution in [2.75, 3.05) is 11.1 Å². The quantitative estimate of drug-likeness (QED) is 0.818. The molecule has 1 unspecified atom stereocenters. The number of fused-ring (bicyclic) bond motifs is 1. The highest BCUT2D eigenvalue weighted by Gasteiger charge is 2.27. The lowest BCUT2D eigenvalue weighted by Crippen LogP contribution is -2.31. The summed E-state index contributed by atoms with van der Waals surface area (Å²) in [6.45, 7) is 6.01. The number of hydrogen-bond donors (Lipinski definition) is 1. The van der Waals surface area contributed by atoms with Crippen molar-refractivity contribution in [2.24, 2.45) is 0 Å². The standard InChI is InChI=1S/C12H17NO2S/c1-8(2)10-4-5-11-12(6-10)16(14,15)7-9(3)13-11/h4-6,8-9,13H,7H2,1-3H3. The molecule has 3 nitrogen and oxygen atoms in total. The first-order chi connectivity index (χ1) is 7.40. The van der Waals surface area contributed by atoms with Gasteiger partial charge in [-0.25, -0.2) is 8.42 Å². The number of anilines is 1. The van der Waals surface area contributed by atoms with E-state index < -0.39 is 9.84 Å². The highest BCUT2D eigenvalue weighted by molar-refractivity contribution is 7.91. The third-order valence-electron chi connectivity index (χ3n) is 2.88. The van der Waals surface area contributed by atoms with Crippen LogP contribution >= 0.6 is 0 Å². The normalized spacial score (nSPS) is 22.6. The van der Waals surface area contributed by atoms with Crippen molar-refractivity contribution in [1.82, 2.24) is 0 Å². The van der Waals surface area contributed by atoms with Gasteiger partial charge in [0.1, 0.15) is 0 Å². The average Bonchev–Trinajstić information content (AvgIpc) is 2.15. The van der Waals surface area contributed by atoms with Gasteiger partial charge in [0.2, 0.25) is 0 Å². The lowest BCUT2D eigenvalue weighted by atomic mass is 10.0. The molecule has 1 aliphatic heterocycles. The summed E-state index contributed by atoms with van der Waals surface area (Å²) in [6.07, 6.45) is 0. The van der Waals surface area contributed by atoms with Crippen LogP contribution in [-0.4, -0.2) is 20.2 Å². The van der Waals surface area contributed by atoms with E-state index in [0.717, 1.165) is 11.3 Å².